The van der Waals surface area contributed by atoms with Gasteiger partial charge < -0.3 is 10.2 Å². The second-order valence-corrected chi connectivity index (χ2v) is 4.38. The van der Waals surface area contributed by atoms with Crippen LogP contribution in [-0.4, -0.2) is 30.8 Å². The Hall–Kier alpha value is -2.15. The third kappa shape index (κ3) is 2.82. The molecule has 1 aromatic carbocycles. The molecule has 2 aromatic rings. The van der Waals surface area contributed by atoms with E-state index in [0.717, 1.165) is 6.07 Å². The summed E-state index contributed by atoms with van der Waals surface area (Å²) in [6, 6.07) is 3.83. The van der Waals surface area contributed by atoms with Crippen molar-refractivity contribution in [1.82, 2.24) is 14.8 Å². The van der Waals surface area contributed by atoms with Crippen LogP contribution >= 0.6 is 12.2 Å². The van der Waals surface area contributed by atoms with E-state index in [-0.39, 0.29) is 29.4 Å². The first-order valence-corrected chi connectivity index (χ1v) is 6.13. The van der Waals surface area contributed by atoms with Gasteiger partial charge >= 0.3 is 0 Å². The minimum Gasteiger partial charge on any atom is -0.508 e. The highest BCUT2D eigenvalue weighted by Gasteiger charge is 2.13. The van der Waals surface area contributed by atoms with E-state index in [1.165, 1.54) is 16.8 Å². The number of nitrogens with zero attached hydrogens (tertiary/aromatic N) is 2. The van der Waals surface area contributed by atoms with Crippen molar-refractivity contribution in [3.05, 3.63) is 34.4 Å². The molecule has 0 aliphatic rings. The van der Waals surface area contributed by atoms with Crippen molar-refractivity contribution < 1.29 is 15.0 Å². The summed E-state index contributed by atoms with van der Waals surface area (Å²) in [6.45, 7) is 1.88. The minimum absolute atomic E-state index is 0.0375. The van der Waals surface area contributed by atoms with Crippen LogP contribution in [0.3, 0.4) is 0 Å². The number of carbonyl (C=O) groups excluding carboxylic acids is 1. The summed E-state index contributed by atoms with van der Waals surface area (Å²) in [5, 5.41) is 21.7. The van der Waals surface area contributed by atoms with Crippen LogP contribution < -0.4 is 0 Å². The first-order valence-electron chi connectivity index (χ1n) is 5.72. The number of aryl methyl sites for hydroxylation is 1. The van der Waals surface area contributed by atoms with Crippen LogP contribution in [0.1, 0.15) is 23.1 Å². The van der Waals surface area contributed by atoms with Crippen LogP contribution in [0.25, 0.3) is 0 Å². The predicted molar refractivity (Wildman–Crippen MR) is 70.9 cm³/mol. The van der Waals surface area contributed by atoms with Crippen LogP contribution in [0.4, 0.5) is 0 Å². The quantitative estimate of drug-likeness (QED) is 0.586. The number of carbonyl (C=O) groups is 1. The molecule has 0 spiro atoms. The van der Waals surface area contributed by atoms with Gasteiger partial charge in [0.2, 0.25) is 4.77 Å². The van der Waals surface area contributed by atoms with Gasteiger partial charge in [0.1, 0.15) is 23.9 Å². The molecule has 1 heterocycles. The standard InChI is InChI=1S/C12H13N3O3S/c1-2-11-13-12(19)15(14-11)6-10(18)8-4-3-7(16)5-9(8)17/h3-5,16-17H,2,6H2,1H3,(H,13,14,19). The Morgan fingerprint density at radius 3 is 2.79 bits per heavy atom. The van der Waals surface area contributed by atoms with E-state index >= 15 is 0 Å². The van der Waals surface area contributed by atoms with E-state index in [1.54, 1.807) is 0 Å². The number of ketones is 1. The van der Waals surface area contributed by atoms with E-state index in [2.05, 4.69) is 10.1 Å². The monoisotopic (exact) mass is 279 g/mol. The molecule has 0 saturated heterocycles. The van der Waals surface area contributed by atoms with Crippen molar-refractivity contribution >= 4 is 18.0 Å². The van der Waals surface area contributed by atoms with E-state index in [1.807, 2.05) is 6.92 Å². The van der Waals surface area contributed by atoms with Crippen LogP contribution in [0.15, 0.2) is 18.2 Å². The first kappa shape index (κ1) is 13.3. The Balaban J connectivity index is 2.25. The average Bonchev–Trinajstić information content (AvgIpc) is 2.70. The maximum atomic E-state index is 12.0. The molecule has 100 valence electrons. The maximum Gasteiger partial charge on any atom is 0.216 e. The Bertz CT molecular complexity index is 675. The number of H-pyrrole nitrogens is 1. The predicted octanol–water partition coefficient (Wildman–Crippen LogP) is 1.80. The van der Waals surface area contributed by atoms with Gasteiger partial charge in [0.25, 0.3) is 0 Å². The number of aromatic hydroxyl groups is 2. The first-order chi connectivity index (χ1) is 9.01. The molecule has 0 amide bonds. The molecule has 0 atom stereocenters. The Kier molecular flexibility index (Phi) is 3.66. The van der Waals surface area contributed by atoms with Crippen molar-refractivity contribution in [2.45, 2.75) is 19.9 Å². The fourth-order valence-corrected chi connectivity index (χ4v) is 1.87. The van der Waals surface area contributed by atoms with Crippen molar-refractivity contribution in [1.29, 1.82) is 0 Å². The third-order valence-corrected chi connectivity index (χ3v) is 2.96. The van der Waals surface area contributed by atoms with Gasteiger partial charge in [-0.05, 0) is 24.4 Å². The smallest absolute Gasteiger partial charge is 0.216 e. The van der Waals surface area contributed by atoms with Crippen LogP contribution in [0.2, 0.25) is 0 Å². The van der Waals surface area contributed by atoms with Gasteiger partial charge in [-0.25, -0.2) is 4.98 Å². The number of phenols is 2. The van der Waals surface area contributed by atoms with E-state index < -0.39 is 0 Å². The number of hydrogen-bond acceptors (Lipinski definition) is 5. The molecule has 3 N–H and O–H groups in total. The van der Waals surface area contributed by atoms with Gasteiger partial charge in [-0.1, -0.05) is 6.92 Å². The molecule has 6 nitrogen and oxygen atoms in total. The van der Waals surface area contributed by atoms with Crippen LogP contribution in [0.5, 0.6) is 11.5 Å². The SMILES string of the molecule is CCc1nc(=S)n(CC(=O)c2ccc(O)cc2O)[nH]1. The lowest BCUT2D eigenvalue weighted by molar-refractivity contribution is 0.0964. The molecule has 2 rings (SSSR count). The average molecular weight is 279 g/mol. The number of rotatable bonds is 4. The van der Waals surface area contributed by atoms with Gasteiger partial charge in [0, 0.05) is 12.5 Å². The highest BCUT2D eigenvalue weighted by molar-refractivity contribution is 7.71. The Labute approximate surface area is 114 Å². The summed E-state index contributed by atoms with van der Waals surface area (Å²) in [5.74, 6) is 0.0276. The molecule has 0 saturated carbocycles. The summed E-state index contributed by atoms with van der Waals surface area (Å²) in [6.07, 6.45) is 0.690. The molecular weight excluding hydrogens is 266 g/mol. The highest BCUT2D eigenvalue weighted by Crippen LogP contribution is 2.23. The molecular formula is C12H13N3O3S. The number of phenolic OH excluding ortho intramolecular Hbond substituents is 2. The number of benzene rings is 1. The number of nitrogens with one attached hydrogen (secondary N) is 1. The zero-order valence-electron chi connectivity index (χ0n) is 10.3. The van der Waals surface area contributed by atoms with Gasteiger partial charge in [0.15, 0.2) is 5.78 Å². The fraction of sp³-hybridized carbons (Fsp3) is 0.250. The van der Waals surface area contributed by atoms with Gasteiger partial charge in [-0.15, -0.1) is 0 Å². The van der Waals surface area contributed by atoms with Crippen molar-refractivity contribution in [3.8, 4) is 11.5 Å². The largest absolute Gasteiger partial charge is 0.508 e. The number of hydrogen-bond donors (Lipinski definition) is 3. The highest BCUT2D eigenvalue weighted by atomic mass is 32.1. The van der Waals surface area contributed by atoms with Crippen molar-refractivity contribution in [2.75, 3.05) is 0 Å². The lowest BCUT2D eigenvalue weighted by Gasteiger charge is -2.05. The zero-order valence-corrected chi connectivity index (χ0v) is 11.1. The molecule has 19 heavy (non-hydrogen) atoms. The Morgan fingerprint density at radius 1 is 1.47 bits per heavy atom. The molecule has 7 heteroatoms. The van der Waals surface area contributed by atoms with Gasteiger partial charge in [-0.3, -0.25) is 14.6 Å². The normalized spacial score (nSPS) is 10.6. The number of Topliss-reactive ketones (excluding diaryl/α,β-unsaturated/α-hetero) is 1. The summed E-state index contributed by atoms with van der Waals surface area (Å²) in [5.41, 5.74) is 0.132. The van der Waals surface area contributed by atoms with Crippen LogP contribution in [-0.2, 0) is 13.0 Å². The van der Waals surface area contributed by atoms with E-state index in [9.17, 15) is 15.0 Å². The topological polar surface area (TPSA) is 91.1 Å². The second-order valence-electron chi connectivity index (χ2n) is 4.02. The third-order valence-electron chi connectivity index (χ3n) is 2.64. The molecule has 0 unspecified atom stereocenters. The van der Waals surface area contributed by atoms with Gasteiger partial charge in [0.05, 0.1) is 5.56 Å². The zero-order chi connectivity index (χ0) is 14.0. The van der Waals surface area contributed by atoms with Crippen molar-refractivity contribution in [2.24, 2.45) is 0 Å². The van der Waals surface area contributed by atoms with Crippen LogP contribution in [0, 0.1) is 4.77 Å². The van der Waals surface area contributed by atoms with E-state index in [0.29, 0.717) is 17.0 Å². The lowest BCUT2D eigenvalue weighted by Crippen LogP contribution is -2.12. The minimum atomic E-state index is -0.320. The summed E-state index contributed by atoms with van der Waals surface area (Å²) in [4.78, 5) is 16.1. The molecule has 0 radical (unpaired) electrons. The van der Waals surface area contributed by atoms with E-state index in [4.69, 9.17) is 12.2 Å². The Morgan fingerprint density at radius 2 is 2.21 bits per heavy atom. The summed E-state index contributed by atoms with van der Waals surface area (Å²) >= 11 is 5.03. The van der Waals surface area contributed by atoms with Gasteiger partial charge in [-0.2, -0.15) is 0 Å². The maximum absolute atomic E-state index is 12.0. The summed E-state index contributed by atoms with van der Waals surface area (Å²) < 4.78 is 1.74. The molecule has 0 aliphatic carbocycles. The summed E-state index contributed by atoms with van der Waals surface area (Å²) in [7, 11) is 0. The second kappa shape index (κ2) is 5.23. The molecule has 0 aliphatic heterocycles. The fourth-order valence-electron chi connectivity index (χ4n) is 1.65. The number of aromatic nitrogens is 3. The molecule has 0 fully saturated rings. The molecule has 1 aromatic heterocycles. The lowest BCUT2D eigenvalue weighted by atomic mass is 10.1. The van der Waals surface area contributed by atoms with Crippen molar-refractivity contribution in [3.63, 3.8) is 0 Å². The molecule has 0 bridgehead atoms. The number of aromatic amines is 1.